The van der Waals surface area contributed by atoms with Gasteiger partial charge in [-0.1, -0.05) is 54.6 Å². The van der Waals surface area contributed by atoms with Crippen molar-refractivity contribution in [3.05, 3.63) is 82.4 Å². The largest absolute Gasteiger partial charge is 0.472 e. The highest BCUT2D eigenvalue weighted by Crippen LogP contribution is 2.37. The summed E-state index contributed by atoms with van der Waals surface area (Å²) in [7, 11) is 0. The molecule has 2 heterocycles. The minimum Gasteiger partial charge on any atom is -0.472 e. The quantitative estimate of drug-likeness (QED) is 0.353. The lowest BCUT2D eigenvalue weighted by atomic mass is 10.0. The Kier molecular flexibility index (Phi) is 4.98. The molecule has 0 saturated heterocycles. The molecule has 0 fully saturated rings. The van der Waals surface area contributed by atoms with Crippen molar-refractivity contribution in [2.75, 3.05) is 11.4 Å². The van der Waals surface area contributed by atoms with Gasteiger partial charge in [0.05, 0.1) is 6.54 Å². The highest BCUT2D eigenvalue weighted by Gasteiger charge is 2.45. The zero-order valence-electron chi connectivity index (χ0n) is 16.9. The van der Waals surface area contributed by atoms with Crippen LogP contribution >= 0.6 is 0 Å². The van der Waals surface area contributed by atoms with Gasteiger partial charge >= 0.3 is 5.82 Å². The van der Waals surface area contributed by atoms with E-state index in [1.807, 2.05) is 42.5 Å². The summed E-state index contributed by atoms with van der Waals surface area (Å²) < 4.78 is 5.66. The van der Waals surface area contributed by atoms with Gasteiger partial charge in [-0.15, -0.1) is 0 Å². The van der Waals surface area contributed by atoms with Crippen LogP contribution in [0.2, 0.25) is 0 Å². The average Bonchev–Trinajstić information content (AvgIpc) is 2.77. The summed E-state index contributed by atoms with van der Waals surface area (Å²) in [5, 5.41) is 11.1. The Morgan fingerprint density at radius 3 is 2.32 bits per heavy atom. The standard InChI is InChI=1S/C23H19N3O5/c1-23(2)22(28)25(21-19(31-23)12-13-20(24-21)26(29)30)14-18(27)17-10-8-16(9-11-17)15-6-4-3-5-7-15/h3-13H,14H2,1-2H3. The van der Waals surface area contributed by atoms with Crippen molar-refractivity contribution in [3.8, 4) is 16.9 Å². The molecular weight excluding hydrogens is 398 g/mol. The Balaban J connectivity index is 1.63. The second kappa shape index (κ2) is 7.64. The first kappa shape index (κ1) is 20.2. The van der Waals surface area contributed by atoms with E-state index in [1.165, 1.54) is 12.1 Å². The molecule has 8 heteroatoms. The Morgan fingerprint density at radius 2 is 1.68 bits per heavy atom. The first-order valence-electron chi connectivity index (χ1n) is 9.61. The van der Waals surface area contributed by atoms with Gasteiger partial charge in [0.1, 0.15) is 0 Å². The number of hydrogen-bond acceptors (Lipinski definition) is 6. The van der Waals surface area contributed by atoms with E-state index in [0.29, 0.717) is 5.56 Å². The van der Waals surface area contributed by atoms with Crippen LogP contribution in [-0.2, 0) is 4.79 Å². The number of aromatic nitrogens is 1. The Morgan fingerprint density at radius 1 is 1.03 bits per heavy atom. The SMILES string of the molecule is CC1(C)Oc2ccc([N+](=O)[O-])nc2N(CC(=O)c2ccc(-c3ccccc3)cc2)C1=O. The number of carbonyl (C=O) groups is 2. The summed E-state index contributed by atoms with van der Waals surface area (Å²) >= 11 is 0. The van der Waals surface area contributed by atoms with Gasteiger partial charge in [-0.05, 0) is 40.9 Å². The van der Waals surface area contributed by atoms with Crippen molar-refractivity contribution in [3.63, 3.8) is 0 Å². The molecule has 3 aromatic rings. The van der Waals surface area contributed by atoms with Crippen LogP contribution in [0.5, 0.6) is 5.75 Å². The molecule has 2 aromatic carbocycles. The lowest BCUT2D eigenvalue weighted by molar-refractivity contribution is -0.389. The van der Waals surface area contributed by atoms with Crippen molar-refractivity contribution in [2.45, 2.75) is 19.4 Å². The summed E-state index contributed by atoms with van der Waals surface area (Å²) in [5.74, 6) is -1.07. The van der Waals surface area contributed by atoms with Gasteiger partial charge in [-0.25, -0.2) is 0 Å². The number of amides is 1. The van der Waals surface area contributed by atoms with E-state index in [2.05, 4.69) is 4.98 Å². The molecular formula is C23H19N3O5. The Hall–Kier alpha value is -4.07. The first-order valence-corrected chi connectivity index (χ1v) is 9.61. The van der Waals surface area contributed by atoms with E-state index in [9.17, 15) is 19.7 Å². The van der Waals surface area contributed by atoms with Crippen LogP contribution in [0.25, 0.3) is 11.1 Å². The van der Waals surface area contributed by atoms with Gasteiger partial charge in [-0.2, -0.15) is 0 Å². The van der Waals surface area contributed by atoms with E-state index < -0.39 is 22.2 Å². The predicted molar refractivity (Wildman–Crippen MR) is 114 cm³/mol. The second-order valence-corrected chi connectivity index (χ2v) is 7.62. The number of benzene rings is 2. The molecule has 0 atom stereocenters. The number of ether oxygens (including phenoxy) is 1. The van der Waals surface area contributed by atoms with Crippen molar-refractivity contribution in [2.24, 2.45) is 0 Å². The molecule has 0 spiro atoms. The summed E-state index contributed by atoms with van der Waals surface area (Å²) in [6.07, 6.45) is 0. The fraction of sp³-hybridized carbons (Fsp3) is 0.174. The fourth-order valence-electron chi connectivity index (χ4n) is 3.40. The van der Waals surface area contributed by atoms with E-state index in [4.69, 9.17) is 4.74 Å². The highest BCUT2D eigenvalue weighted by atomic mass is 16.6. The number of fused-ring (bicyclic) bond motifs is 1. The van der Waals surface area contributed by atoms with E-state index in [0.717, 1.165) is 16.0 Å². The number of carbonyl (C=O) groups excluding carboxylic acids is 2. The van der Waals surface area contributed by atoms with Crippen LogP contribution in [0.3, 0.4) is 0 Å². The van der Waals surface area contributed by atoms with Gasteiger partial charge in [0.15, 0.2) is 17.1 Å². The van der Waals surface area contributed by atoms with Crippen LogP contribution < -0.4 is 9.64 Å². The normalized spacial score (nSPS) is 14.5. The molecule has 1 aromatic heterocycles. The molecule has 0 bridgehead atoms. The van der Waals surface area contributed by atoms with Crippen molar-refractivity contribution in [1.29, 1.82) is 0 Å². The Bertz CT molecular complexity index is 1170. The van der Waals surface area contributed by atoms with Crippen molar-refractivity contribution in [1.82, 2.24) is 4.98 Å². The molecule has 1 amide bonds. The van der Waals surface area contributed by atoms with Crippen LogP contribution in [-0.4, -0.2) is 33.7 Å². The number of anilines is 1. The molecule has 0 unspecified atom stereocenters. The smallest absolute Gasteiger partial charge is 0.366 e. The third-order valence-corrected chi connectivity index (χ3v) is 5.01. The summed E-state index contributed by atoms with van der Waals surface area (Å²) in [6.45, 7) is 2.84. The molecule has 31 heavy (non-hydrogen) atoms. The molecule has 0 aliphatic carbocycles. The minimum atomic E-state index is -1.23. The number of Topliss-reactive ketones (excluding diaryl/α,β-unsaturated/α-hetero) is 1. The van der Waals surface area contributed by atoms with Gasteiger partial charge in [-0.3, -0.25) is 14.5 Å². The molecule has 0 saturated carbocycles. The molecule has 0 radical (unpaired) electrons. The third-order valence-electron chi connectivity index (χ3n) is 5.01. The zero-order chi connectivity index (χ0) is 22.2. The van der Waals surface area contributed by atoms with E-state index >= 15 is 0 Å². The number of hydrogen-bond donors (Lipinski definition) is 0. The van der Waals surface area contributed by atoms with Gasteiger partial charge in [0.2, 0.25) is 0 Å². The maximum Gasteiger partial charge on any atom is 0.366 e. The maximum atomic E-state index is 12.9. The third kappa shape index (κ3) is 3.87. The van der Waals surface area contributed by atoms with Gasteiger partial charge in [0, 0.05) is 11.6 Å². The number of pyridine rings is 1. The van der Waals surface area contributed by atoms with Gasteiger partial charge in [0.25, 0.3) is 11.7 Å². The van der Waals surface area contributed by atoms with Crippen LogP contribution in [0, 0.1) is 10.1 Å². The fourth-order valence-corrected chi connectivity index (χ4v) is 3.40. The first-order chi connectivity index (χ1) is 14.8. The number of nitrogens with zero attached hydrogens (tertiary/aromatic N) is 3. The minimum absolute atomic E-state index is 0.0345. The topological polar surface area (TPSA) is 103 Å². The van der Waals surface area contributed by atoms with E-state index in [1.54, 1.807) is 26.0 Å². The number of rotatable bonds is 5. The molecule has 4 rings (SSSR count). The van der Waals surface area contributed by atoms with Crippen LogP contribution in [0.4, 0.5) is 11.6 Å². The Labute approximate surface area is 178 Å². The van der Waals surface area contributed by atoms with Crippen LogP contribution in [0.1, 0.15) is 24.2 Å². The van der Waals surface area contributed by atoms with Gasteiger partial charge < -0.3 is 14.9 Å². The van der Waals surface area contributed by atoms with Crippen molar-refractivity contribution < 1.29 is 19.2 Å². The van der Waals surface area contributed by atoms with Crippen LogP contribution in [0.15, 0.2) is 66.7 Å². The zero-order valence-corrected chi connectivity index (χ0v) is 16.9. The summed E-state index contributed by atoms with van der Waals surface area (Å²) in [5.41, 5.74) is 1.17. The summed E-state index contributed by atoms with van der Waals surface area (Å²) in [6, 6.07) is 19.4. The lowest BCUT2D eigenvalue weighted by Crippen LogP contribution is -2.54. The lowest BCUT2D eigenvalue weighted by Gasteiger charge is -2.35. The number of nitro groups is 1. The molecule has 1 aliphatic heterocycles. The molecule has 0 N–H and O–H groups in total. The summed E-state index contributed by atoms with van der Waals surface area (Å²) in [4.78, 5) is 41.4. The monoisotopic (exact) mass is 417 g/mol. The number of ketones is 1. The van der Waals surface area contributed by atoms with E-state index in [-0.39, 0.29) is 23.9 Å². The molecule has 156 valence electrons. The van der Waals surface area contributed by atoms with Crippen molar-refractivity contribution >= 4 is 23.3 Å². The molecule has 1 aliphatic rings. The highest BCUT2D eigenvalue weighted by molar-refractivity contribution is 6.09. The predicted octanol–water partition coefficient (Wildman–Crippen LogP) is 4.04. The average molecular weight is 417 g/mol. The maximum absolute atomic E-state index is 12.9. The second-order valence-electron chi connectivity index (χ2n) is 7.62. The molecule has 8 nitrogen and oxygen atoms in total.